The van der Waals surface area contributed by atoms with Gasteiger partial charge in [0, 0.05) is 0 Å². The Bertz CT molecular complexity index is 459. The molecule has 17 heavy (non-hydrogen) atoms. The summed E-state index contributed by atoms with van der Waals surface area (Å²) in [4.78, 5) is 0. The molecule has 0 bridgehead atoms. The Balaban J connectivity index is 0.00000162. The van der Waals surface area contributed by atoms with Gasteiger partial charge in [0.1, 0.15) is 0 Å². The normalized spacial score (nSPS) is 21.1. The first kappa shape index (κ1) is 13.1. The van der Waals surface area contributed by atoms with Crippen molar-refractivity contribution in [1.82, 2.24) is 0 Å². The van der Waals surface area contributed by atoms with Gasteiger partial charge in [-0.15, -0.1) is 0 Å². The van der Waals surface area contributed by atoms with Crippen LogP contribution in [-0.4, -0.2) is 0 Å². The average molecular weight is 264 g/mol. The minimum absolute atomic E-state index is 0. The number of hydrogen-bond donors (Lipinski definition) is 0. The molecule has 0 spiro atoms. The Morgan fingerprint density at radius 3 is 1.24 bits per heavy atom. The van der Waals surface area contributed by atoms with Crippen LogP contribution in [0.5, 0.6) is 0 Å². The van der Waals surface area contributed by atoms with Gasteiger partial charge < -0.3 is 2.85 Å². The van der Waals surface area contributed by atoms with Crippen molar-refractivity contribution in [1.29, 1.82) is 0 Å². The molecule has 0 amide bonds. The van der Waals surface area contributed by atoms with Crippen molar-refractivity contribution in [3.63, 3.8) is 0 Å². The molecule has 0 nitrogen and oxygen atoms in total. The molecule has 0 saturated carbocycles. The number of hydrogen-bond acceptors (Lipinski definition) is 0. The van der Waals surface area contributed by atoms with E-state index in [0.717, 1.165) is 0 Å². The van der Waals surface area contributed by atoms with Gasteiger partial charge in [-0.25, -0.2) is 0 Å². The molecule has 0 aromatic rings. The van der Waals surface area contributed by atoms with Gasteiger partial charge in [0.05, 0.1) is 0 Å². The second-order valence-corrected chi connectivity index (χ2v) is 7.77. The number of rotatable bonds is 2. The van der Waals surface area contributed by atoms with Gasteiger partial charge in [0.15, 0.2) is 0 Å². The Hall–Kier alpha value is -0.326. The second-order valence-electron chi connectivity index (χ2n) is 5.50. The summed E-state index contributed by atoms with van der Waals surface area (Å²) in [6.45, 7) is 13.8. The van der Waals surface area contributed by atoms with E-state index in [1.807, 2.05) is 0 Å². The van der Waals surface area contributed by atoms with Crippen LogP contribution in [0.3, 0.4) is 0 Å². The maximum absolute atomic E-state index is 2.32. The average Bonchev–Trinajstić information content (AvgIpc) is 2.66. The van der Waals surface area contributed by atoms with E-state index in [4.69, 9.17) is 0 Å². The second kappa shape index (κ2) is 4.74. The van der Waals surface area contributed by atoms with Crippen LogP contribution < -0.4 is 0 Å². The van der Waals surface area contributed by atoms with Crippen LogP contribution in [0.25, 0.3) is 0 Å². The Morgan fingerprint density at radius 1 is 0.647 bits per heavy atom. The molecule has 0 heterocycles. The summed E-state index contributed by atoms with van der Waals surface area (Å²) in [6, 6.07) is 0. The van der Waals surface area contributed by atoms with Crippen LogP contribution in [0, 0.1) is 0 Å². The van der Waals surface area contributed by atoms with E-state index in [1.54, 1.807) is 41.2 Å². The summed E-state index contributed by atoms with van der Waals surface area (Å²) < 4.78 is 3.55. The topological polar surface area (TPSA) is 0 Å². The summed E-state index contributed by atoms with van der Waals surface area (Å²) >= 11 is -0.0443. The summed E-state index contributed by atoms with van der Waals surface area (Å²) in [6.07, 6.45) is 2.51. The predicted molar refractivity (Wildman–Crippen MR) is 73.6 cm³/mol. The van der Waals surface area contributed by atoms with Crippen LogP contribution in [0.2, 0.25) is 0 Å². The third kappa shape index (κ3) is 2.30. The first-order valence-corrected chi connectivity index (χ1v) is 7.98. The zero-order chi connectivity index (χ0) is 12.7. The predicted octanol–water partition coefficient (Wildman–Crippen LogP) is 5.32. The molecule has 2 aliphatic rings. The fourth-order valence-electron chi connectivity index (χ4n) is 2.61. The minimum atomic E-state index is -0.0443. The van der Waals surface area contributed by atoms with E-state index in [-0.39, 0.29) is 22.0 Å². The Labute approximate surface area is 117 Å². The zero-order valence-corrected chi connectivity index (χ0v) is 13.5. The Kier molecular flexibility index (Phi) is 3.66. The molecule has 1 heteroatoms. The van der Waals surface area contributed by atoms with E-state index >= 15 is 0 Å². The van der Waals surface area contributed by atoms with Crippen LogP contribution in [0.4, 0.5) is 0 Å². The third-order valence-electron chi connectivity index (χ3n) is 4.50. The van der Waals surface area contributed by atoms with Crippen molar-refractivity contribution in [3.05, 3.63) is 41.2 Å². The van der Waals surface area contributed by atoms with Crippen LogP contribution >= 0.6 is 0 Å². The fraction of sp³-hybridized carbons (Fsp3) is 0.500. The van der Waals surface area contributed by atoms with E-state index in [1.165, 1.54) is 12.8 Å². The molecule has 92 valence electrons. The van der Waals surface area contributed by atoms with Gasteiger partial charge in [-0.2, -0.15) is 0 Å². The molecule has 0 aliphatic heterocycles. The molecular weight excluding hydrogens is 240 g/mol. The maximum Gasteiger partial charge on any atom is -1.00 e. The van der Waals surface area contributed by atoms with Gasteiger partial charge in [-0.05, 0) is 0 Å². The van der Waals surface area contributed by atoms with Crippen LogP contribution in [0.15, 0.2) is 41.2 Å². The third-order valence-corrected chi connectivity index (χ3v) is 7.16. The smallest absolute Gasteiger partial charge is 1.00 e. The zero-order valence-electron chi connectivity index (χ0n) is 13.9. The van der Waals surface area contributed by atoms with Crippen molar-refractivity contribution in [2.45, 2.75) is 54.4 Å². The summed E-state index contributed by atoms with van der Waals surface area (Å²) in [7, 11) is 0. The molecule has 2 rings (SSSR count). The minimum Gasteiger partial charge on any atom is -1.00 e. The largest absolute Gasteiger partial charge is 1.00 e. The maximum atomic E-state index is 2.32. The summed E-state index contributed by atoms with van der Waals surface area (Å²) in [5, 5.41) is 0. The molecular formula is C16H24Ti. The number of allylic oxidation sites excluding steroid dienone is 8. The molecule has 0 N–H and O–H groups in total. The van der Waals surface area contributed by atoms with Crippen molar-refractivity contribution < 1.29 is 22.0 Å². The SMILES string of the molecule is CC1=C(C)C(C)=[C]([Ti+2][C]2=C(C)C(C)=C(C)C2)C1.[H-].[H-]. The van der Waals surface area contributed by atoms with Gasteiger partial charge in [0.2, 0.25) is 0 Å². The molecule has 0 unspecified atom stereocenters. The summed E-state index contributed by atoms with van der Waals surface area (Å²) in [5.41, 5.74) is 9.51. The van der Waals surface area contributed by atoms with Gasteiger partial charge in [0.25, 0.3) is 0 Å². The first-order valence-electron chi connectivity index (χ1n) is 6.41. The van der Waals surface area contributed by atoms with Crippen molar-refractivity contribution in [2.24, 2.45) is 0 Å². The van der Waals surface area contributed by atoms with Gasteiger partial charge >= 0.3 is 115 Å². The van der Waals surface area contributed by atoms with E-state index < -0.39 is 0 Å². The molecule has 0 atom stereocenters. The van der Waals surface area contributed by atoms with E-state index in [2.05, 4.69) is 41.5 Å². The molecule has 2 aliphatic carbocycles. The van der Waals surface area contributed by atoms with E-state index in [0.29, 0.717) is 0 Å². The van der Waals surface area contributed by atoms with Crippen molar-refractivity contribution in [3.8, 4) is 0 Å². The molecule has 0 radical (unpaired) electrons. The van der Waals surface area contributed by atoms with Crippen molar-refractivity contribution in [2.75, 3.05) is 0 Å². The standard InChI is InChI=1S/2C8H11.Ti.2H/c2*1-6-4-5-7(2)8(6)3;;;/h2*4H2,1-3H3;;;/q;;+2;2*-1. The fourth-order valence-corrected chi connectivity index (χ4v) is 5.46. The molecule has 0 aromatic heterocycles. The summed E-state index contributed by atoms with van der Waals surface area (Å²) in [5.74, 6) is 0. The Morgan fingerprint density at radius 2 is 1.00 bits per heavy atom. The van der Waals surface area contributed by atoms with Crippen LogP contribution in [-0.2, 0) is 19.2 Å². The monoisotopic (exact) mass is 264 g/mol. The molecule has 0 aromatic carbocycles. The van der Waals surface area contributed by atoms with Gasteiger partial charge in [-0.1, -0.05) is 0 Å². The first-order chi connectivity index (χ1) is 7.91. The van der Waals surface area contributed by atoms with Crippen LogP contribution in [0.1, 0.15) is 57.2 Å². The van der Waals surface area contributed by atoms with E-state index in [9.17, 15) is 0 Å². The van der Waals surface area contributed by atoms with Crippen molar-refractivity contribution >= 4 is 0 Å². The van der Waals surface area contributed by atoms with Gasteiger partial charge in [-0.3, -0.25) is 0 Å². The molecule has 0 saturated heterocycles. The molecule has 0 fully saturated rings. The quantitative estimate of drug-likeness (QED) is 0.592.